The SMILES string of the molecule is O=P(Cl)(Cl)CP(=O)(Oc1ccccc1)Oc1ccccc1. The molecule has 0 spiro atoms. The van der Waals surface area contributed by atoms with Gasteiger partial charge in [0.25, 0.3) is 5.85 Å². The van der Waals surface area contributed by atoms with Crippen LogP contribution < -0.4 is 9.05 Å². The summed E-state index contributed by atoms with van der Waals surface area (Å²) in [7, 11) is -3.81. The average Bonchev–Trinajstić information content (AvgIpc) is 2.38. The van der Waals surface area contributed by atoms with E-state index in [9.17, 15) is 9.13 Å². The molecule has 0 aliphatic rings. The zero-order chi connectivity index (χ0) is 15.3. The summed E-state index contributed by atoms with van der Waals surface area (Å²) in [6.45, 7) is 0. The van der Waals surface area contributed by atoms with Crippen LogP contribution in [0.4, 0.5) is 0 Å². The van der Waals surface area contributed by atoms with Crippen molar-refractivity contribution in [3.63, 3.8) is 0 Å². The molecule has 0 radical (unpaired) electrons. The van der Waals surface area contributed by atoms with Crippen molar-refractivity contribution in [1.82, 2.24) is 0 Å². The molecule has 0 N–H and O–H groups in total. The summed E-state index contributed by atoms with van der Waals surface area (Å²) in [6.07, 6.45) is 0. The van der Waals surface area contributed by atoms with Crippen LogP contribution in [0.1, 0.15) is 0 Å². The first-order chi connectivity index (χ1) is 9.86. The van der Waals surface area contributed by atoms with Gasteiger partial charge in [-0.2, -0.15) is 0 Å². The number of hydrogen-bond donors (Lipinski definition) is 0. The van der Waals surface area contributed by atoms with Gasteiger partial charge in [-0.05, 0) is 46.7 Å². The molecular formula is C13H12Cl2O4P2. The van der Waals surface area contributed by atoms with Crippen LogP contribution >= 0.6 is 35.9 Å². The van der Waals surface area contributed by atoms with Crippen LogP contribution in [0.25, 0.3) is 0 Å². The maximum absolute atomic E-state index is 12.8. The lowest BCUT2D eigenvalue weighted by molar-refractivity contribution is 0.391. The summed E-state index contributed by atoms with van der Waals surface area (Å²) in [5.41, 5.74) is 0. The Balaban J connectivity index is 2.26. The number of rotatable bonds is 6. The molecule has 4 nitrogen and oxygen atoms in total. The van der Waals surface area contributed by atoms with Crippen LogP contribution in [-0.2, 0) is 9.13 Å². The van der Waals surface area contributed by atoms with Crippen molar-refractivity contribution >= 4 is 35.9 Å². The molecule has 21 heavy (non-hydrogen) atoms. The fourth-order valence-electron chi connectivity index (χ4n) is 1.56. The van der Waals surface area contributed by atoms with Gasteiger partial charge in [0.15, 0.2) is 5.90 Å². The Morgan fingerprint density at radius 1 is 0.762 bits per heavy atom. The van der Waals surface area contributed by atoms with E-state index >= 15 is 0 Å². The number of halogens is 2. The van der Waals surface area contributed by atoms with E-state index in [1.54, 1.807) is 60.7 Å². The predicted molar refractivity (Wildman–Crippen MR) is 85.9 cm³/mol. The second kappa shape index (κ2) is 6.89. The molecule has 0 bridgehead atoms. The van der Waals surface area contributed by atoms with E-state index in [4.69, 9.17) is 31.5 Å². The zero-order valence-electron chi connectivity index (χ0n) is 10.8. The molecule has 0 aliphatic heterocycles. The van der Waals surface area contributed by atoms with E-state index in [0.717, 1.165) is 0 Å². The third-order valence-corrected chi connectivity index (χ3v) is 7.92. The van der Waals surface area contributed by atoms with Gasteiger partial charge in [-0.1, -0.05) is 36.4 Å². The molecule has 0 aliphatic carbocycles. The first-order valence-electron chi connectivity index (χ1n) is 5.93. The summed E-state index contributed by atoms with van der Waals surface area (Å²) < 4.78 is 35.1. The second-order valence-corrected chi connectivity index (χ2v) is 11.8. The summed E-state index contributed by atoms with van der Waals surface area (Å²) in [6, 6.07) is 16.8. The Morgan fingerprint density at radius 3 is 1.48 bits per heavy atom. The molecule has 0 saturated heterocycles. The van der Waals surface area contributed by atoms with Gasteiger partial charge in [0.1, 0.15) is 11.5 Å². The van der Waals surface area contributed by atoms with Gasteiger partial charge in [0, 0.05) is 0 Å². The van der Waals surface area contributed by atoms with Crippen molar-refractivity contribution < 1.29 is 18.2 Å². The van der Waals surface area contributed by atoms with Crippen molar-refractivity contribution in [2.75, 3.05) is 5.90 Å². The Kier molecular flexibility index (Phi) is 5.40. The Morgan fingerprint density at radius 2 is 1.14 bits per heavy atom. The number of para-hydroxylation sites is 2. The summed E-state index contributed by atoms with van der Waals surface area (Å²) in [4.78, 5) is 0. The first-order valence-corrected chi connectivity index (χ1v) is 11.4. The van der Waals surface area contributed by atoms with Crippen molar-refractivity contribution in [2.24, 2.45) is 0 Å². The van der Waals surface area contributed by atoms with E-state index in [1.165, 1.54) is 0 Å². The molecule has 0 unspecified atom stereocenters. The van der Waals surface area contributed by atoms with Gasteiger partial charge in [0.05, 0.1) is 0 Å². The van der Waals surface area contributed by atoms with E-state index in [-0.39, 0.29) is 0 Å². The fraction of sp³-hybridized carbons (Fsp3) is 0.0769. The number of hydrogen-bond acceptors (Lipinski definition) is 4. The summed E-state index contributed by atoms with van der Waals surface area (Å²) in [5.74, 6) is -3.57. The van der Waals surface area contributed by atoms with Crippen LogP contribution in [0.5, 0.6) is 11.5 Å². The first kappa shape index (κ1) is 16.5. The molecular weight excluding hydrogens is 353 g/mol. The molecule has 0 fully saturated rings. The third kappa shape index (κ3) is 5.76. The van der Waals surface area contributed by atoms with Crippen LogP contribution in [0.3, 0.4) is 0 Å². The van der Waals surface area contributed by atoms with Crippen molar-refractivity contribution in [3.8, 4) is 11.5 Å². The summed E-state index contributed by atoms with van der Waals surface area (Å²) in [5, 5.41) is 0. The minimum absolute atomic E-state index is 0.318. The number of benzene rings is 2. The molecule has 2 aromatic rings. The second-order valence-electron chi connectivity index (χ2n) is 4.13. The molecule has 8 heteroatoms. The van der Waals surface area contributed by atoms with E-state index in [1.807, 2.05) is 0 Å². The standard InChI is InChI=1S/C13H12Cl2O4P2/c14-20(15,16)11-21(17,18-12-7-3-1-4-8-12)19-13-9-5-2-6-10-13/h1-10H,11H2. The van der Waals surface area contributed by atoms with Crippen LogP contribution in [-0.4, -0.2) is 5.90 Å². The third-order valence-electron chi connectivity index (χ3n) is 2.31. The molecule has 0 heterocycles. The lowest BCUT2D eigenvalue weighted by atomic mass is 10.3. The van der Waals surface area contributed by atoms with Gasteiger partial charge >= 0.3 is 7.60 Å². The highest BCUT2D eigenvalue weighted by atomic mass is 35.9. The molecule has 0 atom stereocenters. The van der Waals surface area contributed by atoms with Gasteiger partial charge < -0.3 is 9.05 Å². The van der Waals surface area contributed by atoms with E-state index in [2.05, 4.69) is 0 Å². The van der Waals surface area contributed by atoms with Gasteiger partial charge in [-0.15, -0.1) is 0 Å². The minimum atomic E-state index is -3.81. The maximum atomic E-state index is 12.8. The monoisotopic (exact) mass is 364 g/mol. The molecule has 0 amide bonds. The van der Waals surface area contributed by atoms with Crippen LogP contribution in [0.15, 0.2) is 60.7 Å². The highest BCUT2D eigenvalue weighted by Gasteiger charge is 2.37. The lowest BCUT2D eigenvalue weighted by Crippen LogP contribution is -2.03. The van der Waals surface area contributed by atoms with Gasteiger partial charge in [-0.25, -0.2) is 4.57 Å². The van der Waals surface area contributed by atoms with Crippen molar-refractivity contribution in [3.05, 3.63) is 60.7 Å². The Labute approximate surface area is 132 Å². The smallest absolute Gasteiger partial charge is 0.416 e. The molecule has 2 rings (SSSR count). The zero-order valence-corrected chi connectivity index (χ0v) is 14.1. The Hall–Kier alpha value is -0.920. The normalized spacial score (nSPS) is 11.9. The van der Waals surface area contributed by atoms with Gasteiger partial charge in [0.2, 0.25) is 0 Å². The lowest BCUT2D eigenvalue weighted by Gasteiger charge is -2.20. The van der Waals surface area contributed by atoms with Crippen LogP contribution in [0, 0.1) is 0 Å². The molecule has 0 aromatic heterocycles. The molecule has 112 valence electrons. The topological polar surface area (TPSA) is 52.6 Å². The fourth-order valence-corrected chi connectivity index (χ4v) is 6.92. The van der Waals surface area contributed by atoms with Crippen LogP contribution in [0.2, 0.25) is 0 Å². The minimum Gasteiger partial charge on any atom is -0.416 e. The largest absolute Gasteiger partial charge is 0.440 e. The summed E-state index contributed by atoms with van der Waals surface area (Å²) >= 11 is 11.1. The van der Waals surface area contributed by atoms with Crippen molar-refractivity contribution in [2.45, 2.75) is 0 Å². The maximum Gasteiger partial charge on any atom is 0.440 e. The van der Waals surface area contributed by atoms with Gasteiger partial charge in [-0.3, -0.25) is 4.57 Å². The van der Waals surface area contributed by atoms with E-state index in [0.29, 0.717) is 11.5 Å². The van der Waals surface area contributed by atoms with E-state index < -0.39 is 19.3 Å². The quantitative estimate of drug-likeness (QED) is 0.592. The predicted octanol–water partition coefficient (Wildman–Crippen LogP) is 5.97. The molecule has 0 saturated carbocycles. The highest BCUT2D eigenvalue weighted by molar-refractivity contribution is 8.12. The molecule has 2 aromatic carbocycles. The van der Waals surface area contributed by atoms with Crippen molar-refractivity contribution in [1.29, 1.82) is 0 Å². The Bertz CT molecular complexity index is 628. The highest BCUT2D eigenvalue weighted by Crippen LogP contribution is 2.67. The average molecular weight is 365 g/mol.